The van der Waals surface area contributed by atoms with Crippen LogP contribution in [0.5, 0.6) is 0 Å². The van der Waals surface area contributed by atoms with Gasteiger partial charge in [0.2, 0.25) is 0 Å². The van der Waals surface area contributed by atoms with Crippen molar-refractivity contribution in [2.24, 2.45) is 0 Å². The van der Waals surface area contributed by atoms with Gasteiger partial charge in [-0.1, -0.05) is 19.8 Å². The molecule has 19 heavy (non-hydrogen) atoms. The topological polar surface area (TPSA) is 50.4 Å². The fourth-order valence-corrected chi connectivity index (χ4v) is 2.34. The Morgan fingerprint density at radius 3 is 2.16 bits per heavy atom. The maximum Gasteiger partial charge on any atom is 0.303 e. The maximum atomic E-state index is 10.4. The van der Waals surface area contributed by atoms with Gasteiger partial charge in [-0.15, -0.1) is 0 Å². The van der Waals surface area contributed by atoms with Crippen LogP contribution < -0.4 is 0 Å². The molecule has 0 saturated heterocycles. The van der Waals surface area contributed by atoms with E-state index in [1.807, 2.05) is 0 Å². The average Bonchev–Trinajstić information content (AvgIpc) is 2.62. The first kappa shape index (κ1) is 15.8. The highest BCUT2D eigenvalue weighted by Gasteiger charge is 2.12. The van der Waals surface area contributed by atoms with Gasteiger partial charge in [0.25, 0.3) is 0 Å². The minimum absolute atomic E-state index is 0.291. The van der Waals surface area contributed by atoms with Crippen LogP contribution >= 0.6 is 0 Å². The van der Waals surface area contributed by atoms with E-state index >= 15 is 0 Å². The van der Waals surface area contributed by atoms with E-state index in [4.69, 9.17) is 9.52 Å². The van der Waals surface area contributed by atoms with Crippen molar-refractivity contribution in [3.63, 3.8) is 0 Å². The van der Waals surface area contributed by atoms with Crippen LogP contribution in [0.4, 0.5) is 0 Å². The molecule has 1 N–H and O–H groups in total. The molecule has 0 aromatic carbocycles. The van der Waals surface area contributed by atoms with Gasteiger partial charge in [-0.2, -0.15) is 0 Å². The molecule has 108 valence electrons. The molecule has 0 radical (unpaired) electrons. The molecule has 0 amide bonds. The lowest BCUT2D eigenvalue weighted by molar-refractivity contribution is -0.137. The molecule has 1 heterocycles. The minimum atomic E-state index is -0.693. The molecule has 1 aromatic heterocycles. The molecule has 0 unspecified atom stereocenters. The van der Waals surface area contributed by atoms with Crippen LogP contribution in [0.2, 0.25) is 0 Å². The predicted molar refractivity (Wildman–Crippen MR) is 76.6 cm³/mol. The first-order valence-corrected chi connectivity index (χ1v) is 7.35. The van der Waals surface area contributed by atoms with E-state index in [-0.39, 0.29) is 0 Å². The summed E-state index contributed by atoms with van der Waals surface area (Å²) in [5, 5.41) is 8.55. The van der Waals surface area contributed by atoms with Crippen molar-refractivity contribution < 1.29 is 14.3 Å². The van der Waals surface area contributed by atoms with Gasteiger partial charge in [-0.3, -0.25) is 4.79 Å². The molecule has 0 atom stereocenters. The summed E-state index contributed by atoms with van der Waals surface area (Å²) in [5.74, 6) is 1.57. The van der Waals surface area contributed by atoms with Crippen molar-refractivity contribution in [1.29, 1.82) is 0 Å². The summed E-state index contributed by atoms with van der Waals surface area (Å²) in [6.07, 6.45) is 7.34. The summed E-state index contributed by atoms with van der Waals surface area (Å²) in [7, 11) is 0. The predicted octanol–water partition coefficient (Wildman–Crippen LogP) is 4.43. The van der Waals surface area contributed by atoms with Crippen LogP contribution in [0.15, 0.2) is 4.42 Å². The van der Waals surface area contributed by atoms with Gasteiger partial charge >= 0.3 is 5.97 Å². The van der Waals surface area contributed by atoms with Gasteiger partial charge < -0.3 is 9.52 Å². The second kappa shape index (κ2) is 8.03. The minimum Gasteiger partial charge on any atom is -0.481 e. The van der Waals surface area contributed by atoms with E-state index in [0.717, 1.165) is 56.5 Å². The van der Waals surface area contributed by atoms with E-state index < -0.39 is 5.97 Å². The Morgan fingerprint density at radius 2 is 1.58 bits per heavy atom. The molecule has 0 spiro atoms. The van der Waals surface area contributed by atoms with Crippen molar-refractivity contribution in [3.8, 4) is 0 Å². The van der Waals surface area contributed by atoms with Gasteiger partial charge in [0, 0.05) is 19.3 Å². The van der Waals surface area contributed by atoms with Gasteiger partial charge in [0.1, 0.15) is 11.5 Å². The maximum absolute atomic E-state index is 10.4. The summed E-state index contributed by atoms with van der Waals surface area (Å²) in [5.41, 5.74) is 2.61. The lowest BCUT2D eigenvalue weighted by atomic mass is 10.1. The highest BCUT2D eigenvalue weighted by molar-refractivity contribution is 5.66. The van der Waals surface area contributed by atoms with Crippen molar-refractivity contribution in [3.05, 3.63) is 22.6 Å². The van der Waals surface area contributed by atoms with E-state index in [1.165, 1.54) is 11.1 Å². The number of carboxylic acid groups (broad SMARTS) is 1. The third-order valence-corrected chi connectivity index (χ3v) is 3.67. The highest BCUT2D eigenvalue weighted by atomic mass is 16.4. The number of rotatable bonds is 9. The molecule has 0 saturated carbocycles. The first-order chi connectivity index (χ1) is 9.06. The van der Waals surface area contributed by atoms with Gasteiger partial charge in [-0.05, 0) is 44.2 Å². The van der Waals surface area contributed by atoms with E-state index in [1.54, 1.807) is 0 Å². The summed E-state index contributed by atoms with van der Waals surface area (Å²) in [6.45, 7) is 6.44. The van der Waals surface area contributed by atoms with Crippen molar-refractivity contribution >= 4 is 5.97 Å². The zero-order valence-electron chi connectivity index (χ0n) is 12.4. The number of hydrogen-bond donors (Lipinski definition) is 1. The van der Waals surface area contributed by atoms with Crippen molar-refractivity contribution in [1.82, 2.24) is 0 Å². The Kier molecular flexibility index (Phi) is 6.68. The summed E-state index contributed by atoms with van der Waals surface area (Å²) in [4.78, 5) is 10.4. The van der Waals surface area contributed by atoms with Crippen LogP contribution in [0.3, 0.4) is 0 Å². The second-order valence-corrected chi connectivity index (χ2v) is 5.26. The molecule has 3 heteroatoms. The van der Waals surface area contributed by atoms with E-state index in [0.29, 0.717) is 6.42 Å². The Morgan fingerprint density at radius 1 is 1.00 bits per heavy atom. The third kappa shape index (κ3) is 5.09. The molecule has 1 rings (SSSR count). The normalized spacial score (nSPS) is 10.9. The first-order valence-electron chi connectivity index (χ1n) is 7.35. The average molecular weight is 266 g/mol. The molecular formula is C16H26O3. The second-order valence-electron chi connectivity index (χ2n) is 5.26. The van der Waals surface area contributed by atoms with Gasteiger partial charge in [0.15, 0.2) is 0 Å². The van der Waals surface area contributed by atoms with Gasteiger partial charge in [0.05, 0.1) is 0 Å². The zero-order valence-corrected chi connectivity index (χ0v) is 12.4. The lowest BCUT2D eigenvalue weighted by Gasteiger charge is -2.00. The number of unbranched alkanes of at least 4 members (excludes halogenated alkanes) is 3. The SMILES string of the molecule is CCCc1oc(CCCCCCC(=O)O)c(C)c1C. The van der Waals surface area contributed by atoms with E-state index in [9.17, 15) is 4.79 Å². The molecule has 0 aliphatic carbocycles. The Balaban J connectivity index is 2.33. The molecule has 0 fully saturated rings. The number of carboxylic acids is 1. The van der Waals surface area contributed by atoms with Crippen LogP contribution in [0.1, 0.15) is 68.1 Å². The van der Waals surface area contributed by atoms with Crippen LogP contribution in [0.25, 0.3) is 0 Å². The van der Waals surface area contributed by atoms with Gasteiger partial charge in [-0.25, -0.2) is 0 Å². The summed E-state index contributed by atoms with van der Waals surface area (Å²) < 4.78 is 5.94. The van der Waals surface area contributed by atoms with E-state index in [2.05, 4.69) is 20.8 Å². The quantitative estimate of drug-likeness (QED) is 0.673. The lowest BCUT2D eigenvalue weighted by Crippen LogP contribution is -1.94. The molecule has 0 aliphatic heterocycles. The fourth-order valence-electron chi connectivity index (χ4n) is 2.34. The number of hydrogen-bond acceptors (Lipinski definition) is 2. The smallest absolute Gasteiger partial charge is 0.303 e. The Bertz CT molecular complexity index is 404. The monoisotopic (exact) mass is 266 g/mol. The summed E-state index contributed by atoms with van der Waals surface area (Å²) >= 11 is 0. The largest absolute Gasteiger partial charge is 0.481 e. The van der Waals surface area contributed by atoms with Crippen LogP contribution in [-0.2, 0) is 17.6 Å². The van der Waals surface area contributed by atoms with Crippen LogP contribution in [-0.4, -0.2) is 11.1 Å². The number of carbonyl (C=O) groups is 1. The molecule has 3 nitrogen and oxygen atoms in total. The van der Waals surface area contributed by atoms with Crippen LogP contribution in [0, 0.1) is 13.8 Å². The fraction of sp³-hybridized carbons (Fsp3) is 0.688. The Hall–Kier alpha value is -1.25. The highest BCUT2D eigenvalue weighted by Crippen LogP contribution is 2.24. The standard InChI is InChI=1S/C16H26O3/c1-4-9-14-12(2)13(3)15(19-14)10-7-5-6-8-11-16(17)18/h4-11H2,1-3H3,(H,17,18). The molecule has 0 aliphatic rings. The molecule has 0 bridgehead atoms. The number of aryl methyl sites for hydroxylation is 2. The van der Waals surface area contributed by atoms with Crippen molar-refractivity contribution in [2.75, 3.05) is 0 Å². The number of furan rings is 1. The zero-order chi connectivity index (χ0) is 14.3. The molecular weight excluding hydrogens is 240 g/mol. The molecule has 1 aromatic rings. The summed E-state index contributed by atoms with van der Waals surface area (Å²) in [6, 6.07) is 0. The number of aliphatic carboxylic acids is 1. The van der Waals surface area contributed by atoms with Crippen molar-refractivity contribution in [2.45, 2.75) is 72.1 Å². The third-order valence-electron chi connectivity index (χ3n) is 3.67. The Labute approximate surface area is 116 Å².